The number of carbonyl (C=O) groups is 3. The van der Waals surface area contributed by atoms with Gasteiger partial charge in [0.1, 0.15) is 0 Å². The first-order chi connectivity index (χ1) is 13.0. The third-order valence-corrected chi connectivity index (χ3v) is 4.23. The first-order valence-electron chi connectivity index (χ1n) is 8.65. The van der Waals surface area contributed by atoms with Gasteiger partial charge in [-0.15, -0.1) is 0 Å². The summed E-state index contributed by atoms with van der Waals surface area (Å²) in [7, 11) is 1.45. The number of hydrogen-bond acceptors (Lipinski definition) is 7. The summed E-state index contributed by atoms with van der Waals surface area (Å²) in [6.07, 6.45) is 6.19. The lowest BCUT2D eigenvalue weighted by Crippen LogP contribution is -2.17. The van der Waals surface area contributed by atoms with Gasteiger partial charge in [-0.25, -0.2) is 14.4 Å². The summed E-state index contributed by atoms with van der Waals surface area (Å²) >= 11 is 0. The van der Waals surface area contributed by atoms with Gasteiger partial charge in [0.2, 0.25) is 6.29 Å². The van der Waals surface area contributed by atoms with E-state index in [0.29, 0.717) is 23.1 Å². The lowest BCUT2D eigenvalue weighted by molar-refractivity contribution is -0.155. The fraction of sp³-hybridized carbons (Fsp3) is 0.350. The number of rotatable bonds is 5. The van der Waals surface area contributed by atoms with E-state index in [1.165, 1.54) is 7.11 Å². The number of ether oxygens (including phenoxy) is 4. The highest BCUT2D eigenvalue weighted by atomic mass is 16.7. The number of methoxy groups -OCH3 is 1. The molecule has 3 aliphatic rings. The minimum atomic E-state index is -0.800. The monoisotopic (exact) mass is 372 g/mol. The minimum Gasteiger partial charge on any atom is -0.462 e. The summed E-state index contributed by atoms with van der Waals surface area (Å²) in [6, 6.07) is 0. The van der Waals surface area contributed by atoms with Crippen LogP contribution in [0.3, 0.4) is 0 Å². The molecular weight excluding hydrogens is 352 g/mol. The third-order valence-electron chi connectivity index (χ3n) is 4.23. The molecule has 1 heterocycles. The molecule has 0 saturated carbocycles. The molecule has 0 unspecified atom stereocenters. The first-order valence-corrected chi connectivity index (χ1v) is 8.65. The zero-order valence-electron chi connectivity index (χ0n) is 15.4. The summed E-state index contributed by atoms with van der Waals surface area (Å²) in [6.45, 7) is 3.73. The Bertz CT molecular complexity index is 852. The van der Waals surface area contributed by atoms with E-state index in [2.05, 4.69) is 0 Å². The van der Waals surface area contributed by atoms with Crippen molar-refractivity contribution in [3.63, 3.8) is 0 Å². The van der Waals surface area contributed by atoms with Crippen molar-refractivity contribution < 1.29 is 33.3 Å². The highest BCUT2D eigenvalue weighted by Gasteiger charge is 2.35. The van der Waals surface area contributed by atoms with Gasteiger partial charge in [-0.2, -0.15) is 0 Å². The lowest BCUT2D eigenvalue weighted by atomic mass is 10.0. The normalized spacial score (nSPS) is 21.0. The fourth-order valence-corrected chi connectivity index (χ4v) is 3.12. The van der Waals surface area contributed by atoms with Crippen molar-refractivity contribution in [3.05, 3.63) is 57.7 Å². The highest BCUT2D eigenvalue weighted by Crippen LogP contribution is 2.36. The van der Waals surface area contributed by atoms with Crippen LogP contribution in [0.1, 0.15) is 20.3 Å². The van der Waals surface area contributed by atoms with Gasteiger partial charge in [0.25, 0.3) is 0 Å². The molecule has 3 rings (SSSR count). The Balaban J connectivity index is 2.15. The predicted octanol–water partition coefficient (Wildman–Crippen LogP) is 2.06. The molecule has 7 nitrogen and oxygen atoms in total. The number of allylic oxidation sites excluding steroid dienone is 4. The number of esters is 3. The number of cyclic esters (lactones) is 1. The Morgan fingerprint density at radius 1 is 1.00 bits per heavy atom. The molecular formula is C20H20O7. The second-order valence-electron chi connectivity index (χ2n) is 6.01. The maximum atomic E-state index is 12.4. The van der Waals surface area contributed by atoms with Crippen LogP contribution in [0.4, 0.5) is 0 Å². The van der Waals surface area contributed by atoms with Crippen LogP contribution >= 0.6 is 0 Å². The van der Waals surface area contributed by atoms with E-state index in [4.69, 9.17) is 18.9 Å². The lowest BCUT2D eigenvalue weighted by Gasteiger charge is -2.11. The average Bonchev–Trinajstić information content (AvgIpc) is 2.80. The molecule has 0 spiro atoms. The Labute approximate surface area is 156 Å². The molecule has 0 saturated heterocycles. The van der Waals surface area contributed by atoms with Crippen molar-refractivity contribution in [1.82, 2.24) is 0 Å². The molecule has 2 bridgehead atoms. The molecule has 0 aromatic carbocycles. The molecule has 0 aromatic rings. The van der Waals surface area contributed by atoms with Crippen molar-refractivity contribution in [3.8, 4) is 0 Å². The van der Waals surface area contributed by atoms with Crippen LogP contribution in [0.15, 0.2) is 57.7 Å². The van der Waals surface area contributed by atoms with E-state index in [1.807, 2.05) is 0 Å². The van der Waals surface area contributed by atoms with E-state index in [1.54, 1.807) is 38.2 Å². The van der Waals surface area contributed by atoms with Crippen molar-refractivity contribution >= 4 is 17.9 Å². The molecule has 0 N–H and O–H groups in total. The van der Waals surface area contributed by atoms with E-state index in [0.717, 1.165) is 5.57 Å². The van der Waals surface area contributed by atoms with Crippen molar-refractivity contribution in [1.29, 1.82) is 0 Å². The summed E-state index contributed by atoms with van der Waals surface area (Å²) in [4.78, 5) is 37.0. The van der Waals surface area contributed by atoms with Crippen LogP contribution < -0.4 is 0 Å². The van der Waals surface area contributed by atoms with Gasteiger partial charge in [-0.1, -0.05) is 0 Å². The van der Waals surface area contributed by atoms with Crippen molar-refractivity contribution in [2.45, 2.75) is 26.6 Å². The SMILES string of the molecule is CCOC(=O)C1=CC2=CC3=C(C=C(C=C1C(=O)OCC)C2)[C@H](OC)OC3=O. The molecule has 0 amide bonds. The Morgan fingerprint density at radius 3 is 2.07 bits per heavy atom. The van der Waals surface area contributed by atoms with Crippen LogP contribution in [0.25, 0.3) is 0 Å². The molecule has 0 fully saturated rings. The second kappa shape index (κ2) is 7.75. The molecule has 27 heavy (non-hydrogen) atoms. The van der Waals surface area contributed by atoms with E-state index >= 15 is 0 Å². The molecule has 1 aliphatic heterocycles. The third kappa shape index (κ3) is 3.64. The summed E-state index contributed by atoms with van der Waals surface area (Å²) in [5.41, 5.74) is 2.58. The second-order valence-corrected chi connectivity index (χ2v) is 6.01. The largest absolute Gasteiger partial charge is 0.462 e. The van der Waals surface area contributed by atoms with Gasteiger partial charge in [-0.05, 0) is 55.7 Å². The summed E-state index contributed by atoms with van der Waals surface area (Å²) in [5, 5.41) is 0. The van der Waals surface area contributed by atoms with Gasteiger partial charge in [-0.3, -0.25) is 0 Å². The average molecular weight is 372 g/mol. The molecule has 1 atom stereocenters. The van der Waals surface area contributed by atoms with E-state index in [9.17, 15) is 14.4 Å². The van der Waals surface area contributed by atoms with Crippen LogP contribution in [0.2, 0.25) is 0 Å². The summed E-state index contributed by atoms with van der Waals surface area (Å²) < 4.78 is 20.6. The molecule has 0 aromatic heterocycles. The van der Waals surface area contributed by atoms with Gasteiger partial charge >= 0.3 is 17.9 Å². The van der Waals surface area contributed by atoms with Crippen molar-refractivity contribution in [2.75, 3.05) is 20.3 Å². The first kappa shape index (κ1) is 18.8. The maximum absolute atomic E-state index is 12.4. The molecule has 0 radical (unpaired) electrons. The highest BCUT2D eigenvalue weighted by molar-refractivity contribution is 6.08. The topological polar surface area (TPSA) is 88.1 Å². The number of fused-ring (bicyclic) bond motifs is 2. The number of carbonyl (C=O) groups excluding carboxylic acids is 3. The zero-order chi connectivity index (χ0) is 19.6. The van der Waals surface area contributed by atoms with Crippen LogP contribution in [0.5, 0.6) is 0 Å². The molecule has 7 heteroatoms. The van der Waals surface area contributed by atoms with Crippen LogP contribution in [0, 0.1) is 0 Å². The van der Waals surface area contributed by atoms with E-state index in [-0.39, 0.29) is 24.4 Å². The van der Waals surface area contributed by atoms with Gasteiger partial charge in [0.05, 0.1) is 29.9 Å². The van der Waals surface area contributed by atoms with Crippen molar-refractivity contribution in [2.24, 2.45) is 0 Å². The van der Waals surface area contributed by atoms with Gasteiger partial charge < -0.3 is 18.9 Å². The zero-order valence-corrected chi connectivity index (χ0v) is 15.4. The van der Waals surface area contributed by atoms with Gasteiger partial charge in [0.15, 0.2) is 0 Å². The Kier molecular flexibility index (Phi) is 5.41. The summed E-state index contributed by atoms with van der Waals surface area (Å²) in [5.74, 6) is -1.73. The standard InChI is InChI=1S/C20H20O7/c1-4-25-17(21)13-7-11-6-12(8-14(13)18(22)26-5-2)10-16-15(9-11)19(23)27-20(16)24-3/h7-10,20H,4-6H2,1-3H3/t20-/m1/s1. The fourth-order valence-electron chi connectivity index (χ4n) is 3.12. The quantitative estimate of drug-likeness (QED) is 0.539. The minimum absolute atomic E-state index is 0.101. The maximum Gasteiger partial charge on any atom is 0.341 e. The van der Waals surface area contributed by atoms with Crippen LogP contribution in [-0.4, -0.2) is 44.5 Å². The van der Waals surface area contributed by atoms with E-state index < -0.39 is 24.2 Å². The predicted molar refractivity (Wildman–Crippen MR) is 94.1 cm³/mol. The number of hydrogen-bond donors (Lipinski definition) is 0. The smallest absolute Gasteiger partial charge is 0.341 e. The molecule has 2 aliphatic carbocycles. The Morgan fingerprint density at radius 2 is 1.56 bits per heavy atom. The van der Waals surface area contributed by atoms with Crippen LogP contribution in [-0.2, 0) is 33.3 Å². The molecule has 142 valence electrons. The Hall–Kier alpha value is -2.93. The van der Waals surface area contributed by atoms with Gasteiger partial charge in [0, 0.05) is 12.7 Å².